The SMILES string of the molecule is C[C@@H]1[I-]CC1Cl. The number of alkyl halides is 3. The Bertz CT molecular complexity index is 47.5. The third kappa shape index (κ3) is 0.808. The second-order valence-corrected chi connectivity index (χ2v) is 5.79. The molecule has 38 valence electrons. The number of halogens is 2. The Morgan fingerprint density at radius 3 is 2.33 bits per heavy atom. The van der Waals surface area contributed by atoms with E-state index in [0.717, 1.165) is 3.92 Å². The van der Waals surface area contributed by atoms with Crippen molar-refractivity contribution in [2.75, 3.05) is 4.43 Å². The van der Waals surface area contributed by atoms with E-state index in [0.29, 0.717) is 26.6 Å². The molecule has 1 fully saturated rings. The quantitative estimate of drug-likeness (QED) is 0.328. The monoisotopic (exact) mass is 217 g/mol. The van der Waals surface area contributed by atoms with Crippen LogP contribution in [-0.2, 0) is 0 Å². The van der Waals surface area contributed by atoms with Gasteiger partial charge in [-0.1, -0.05) is 0 Å². The first kappa shape index (κ1) is 5.16. The van der Waals surface area contributed by atoms with Crippen LogP contribution >= 0.6 is 11.6 Å². The van der Waals surface area contributed by atoms with E-state index in [1.54, 1.807) is 0 Å². The van der Waals surface area contributed by atoms with Crippen molar-refractivity contribution in [1.29, 1.82) is 0 Å². The molecule has 2 atom stereocenters. The summed E-state index contributed by atoms with van der Waals surface area (Å²) in [5.41, 5.74) is 0. The molecule has 0 aliphatic carbocycles. The van der Waals surface area contributed by atoms with Gasteiger partial charge in [0.25, 0.3) is 0 Å². The van der Waals surface area contributed by atoms with E-state index in [9.17, 15) is 0 Å². The number of rotatable bonds is 0. The zero-order valence-corrected chi connectivity index (χ0v) is 6.53. The average Bonchev–Trinajstić information content (AvgIpc) is 1.61. The van der Waals surface area contributed by atoms with Gasteiger partial charge in [-0.2, -0.15) is 0 Å². The average molecular weight is 217 g/mol. The molecule has 0 amide bonds. The molecular weight excluding hydrogens is 210 g/mol. The van der Waals surface area contributed by atoms with Crippen LogP contribution in [0.15, 0.2) is 0 Å². The Hall–Kier alpha value is 1.02. The van der Waals surface area contributed by atoms with E-state index in [1.165, 1.54) is 4.43 Å². The van der Waals surface area contributed by atoms with Gasteiger partial charge >= 0.3 is 53.5 Å². The summed E-state index contributed by atoms with van der Waals surface area (Å²) in [7, 11) is 0. The fourth-order valence-corrected chi connectivity index (χ4v) is 3.15. The molecular formula is C4H7ClI-. The molecule has 0 bridgehead atoms. The fourth-order valence-electron chi connectivity index (χ4n) is 0.335. The van der Waals surface area contributed by atoms with Crippen LogP contribution in [0.1, 0.15) is 6.92 Å². The van der Waals surface area contributed by atoms with Crippen LogP contribution in [-0.4, -0.2) is 13.7 Å². The predicted octanol–water partition coefficient (Wildman–Crippen LogP) is -1.92. The molecule has 0 aromatic carbocycles. The first-order valence-electron chi connectivity index (χ1n) is 2.02. The zero-order chi connectivity index (χ0) is 4.57. The topological polar surface area (TPSA) is 0 Å². The van der Waals surface area contributed by atoms with Crippen LogP contribution in [0.5, 0.6) is 0 Å². The summed E-state index contributed by atoms with van der Waals surface area (Å²) < 4.78 is 2.26. The Morgan fingerprint density at radius 1 is 1.83 bits per heavy atom. The van der Waals surface area contributed by atoms with E-state index < -0.39 is 0 Å². The normalized spacial score (nSPS) is 46.3. The van der Waals surface area contributed by atoms with E-state index in [2.05, 4.69) is 6.92 Å². The molecule has 2 heteroatoms. The van der Waals surface area contributed by atoms with Crippen LogP contribution in [0.25, 0.3) is 0 Å². The molecule has 1 rings (SSSR count). The third-order valence-electron chi connectivity index (χ3n) is 0.978. The first-order chi connectivity index (χ1) is 2.80. The van der Waals surface area contributed by atoms with Gasteiger partial charge in [-0.3, -0.25) is 0 Å². The van der Waals surface area contributed by atoms with Crippen molar-refractivity contribution in [2.45, 2.75) is 16.2 Å². The molecule has 1 aliphatic heterocycles. The van der Waals surface area contributed by atoms with E-state index >= 15 is 0 Å². The second kappa shape index (κ2) is 1.86. The Balaban J connectivity index is 2.20. The zero-order valence-electron chi connectivity index (χ0n) is 3.62. The van der Waals surface area contributed by atoms with E-state index in [1.807, 2.05) is 0 Å². The molecule has 0 nitrogen and oxygen atoms in total. The fraction of sp³-hybridized carbons (Fsp3) is 1.00. The molecule has 0 N–H and O–H groups in total. The van der Waals surface area contributed by atoms with E-state index in [-0.39, 0.29) is 0 Å². The Labute approximate surface area is 53.5 Å². The molecule has 0 aromatic rings. The number of hydrogen-bond acceptors (Lipinski definition) is 0. The van der Waals surface area contributed by atoms with Crippen molar-refractivity contribution in [2.24, 2.45) is 0 Å². The van der Waals surface area contributed by atoms with Crippen molar-refractivity contribution in [1.82, 2.24) is 0 Å². The van der Waals surface area contributed by atoms with Gasteiger partial charge in [-0.15, -0.1) is 0 Å². The molecule has 1 saturated heterocycles. The van der Waals surface area contributed by atoms with Gasteiger partial charge in [0, 0.05) is 0 Å². The summed E-state index contributed by atoms with van der Waals surface area (Å²) in [6.45, 7) is 2.24. The summed E-state index contributed by atoms with van der Waals surface area (Å²) in [4.78, 5) is 0. The maximum atomic E-state index is 5.73. The Morgan fingerprint density at radius 2 is 2.33 bits per heavy atom. The molecule has 1 heterocycles. The summed E-state index contributed by atoms with van der Waals surface area (Å²) in [6.07, 6.45) is 0. The van der Waals surface area contributed by atoms with Gasteiger partial charge in [0.2, 0.25) is 0 Å². The van der Waals surface area contributed by atoms with Crippen molar-refractivity contribution in [3.8, 4) is 0 Å². The Kier molecular flexibility index (Phi) is 1.60. The van der Waals surface area contributed by atoms with Gasteiger partial charge in [0.05, 0.1) is 0 Å². The summed E-state index contributed by atoms with van der Waals surface area (Å²) >= 11 is 6.28. The molecule has 1 aliphatic rings. The van der Waals surface area contributed by atoms with Crippen LogP contribution in [0.4, 0.5) is 0 Å². The third-order valence-corrected chi connectivity index (χ3v) is 6.17. The summed E-state index contributed by atoms with van der Waals surface area (Å²) in [6, 6.07) is 0. The van der Waals surface area contributed by atoms with Crippen LogP contribution in [0.2, 0.25) is 0 Å². The summed E-state index contributed by atoms with van der Waals surface area (Å²) in [5, 5.41) is 0.554. The van der Waals surface area contributed by atoms with E-state index in [4.69, 9.17) is 11.6 Å². The van der Waals surface area contributed by atoms with Crippen LogP contribution < -0.4 is 21.2 Å². The second-order valence-electron chi connectivity index (χ2n) is 1.50. The predicted molar refractivity (Wildman–Crippen MR) is 24.0 cm³/mol. The number of hydrogen-bond donors (Lipinski definition) is 0. The van der Waals surface area contributed by atoms with Gasteiger partial charge in [0.15, 0.2) is 0 Å². The van der Waals surface area contributed by atoms with Gasteiger partial charge < -0.3 is 0 Å². The molecule has 0 radical (unpaired) electrons. The van der Waals surface area contributed by atoms with Gasteiger partial charge in [-0.05, 0) is 0 Å². The van der Waals surface area contributed by atoms with Crippen LogP contribution in [0, 0.1) is 0 Å². The van der Waals surface area contributed by atoms with Gasteiger partial charge in [-0.25, -0.2) is 0 Å². The minimum absolute atomic E-state index is 0.554. The van der Waals surface area contributed by atoms with Crippen molar-refractivity contribution < 1.29 is 21.2 Å². The molecule has 0 saturated carbocycles. The minimum atomic E-state index is 0.554. The molecule has 0 aromatic heterocycles. The summed E-state index contributed by atoms with van der Waals surface area (Å²) in [5.74, 6) is 0. The first-order valence-corrected chi connectivity index (χ1v) is 5.23. The maximum absolute atomic E-state index is 5.73. The van der Waals surface area contributed by atoms with Gasteiger partial charge in [0.1, 0.15) is 0 Å². The van der Waals surface area contributed by atoms with Crippen molar-refractivity contribution in [3.63, 3.8) is 0 Å². The molecule has 0 spiro atoms. The standard InChI is InChI=1S/C4H7ClI/c1-3-4(5)2-6-3/h3-4H,2H2,1H3/q-1/t3-,4?/m0/s1. The molecule has 6 heavy (non-hydrogen) atoms. The van der Waals surface area contributed by atoms with Crippen molar-refractivity contribution in [3.05, 3.63) is 0 Å². The van der Waals surface area contributed by atoms with Crippen LogP contribution in [0.3, 0.4) is 0 Å². The molecule has 1 unspecified atom stereocenters. The van der Waals surface area contributed by atoms with Crippen molar-refractivity contribution >= 4 is 11.6 Å².